The molecule has 0 radical (unpaired) electrons. The van der Waals surface area contributed by atoms with E-state index in [0.29, 0.717) is 30.8 Å². The molecule has 2 aliphatic heterocycles. The molecule has 2 aliphatic rings. The molecule has 3 rings (SSSR count). The third kappa shape index (κ3) is 2.47. The molecular formula is C15H20N4O4. The van der Waals surface area contributed by atoms with Crippen molar-refractivity contribution in [2.45, 2.75) is 39.4 Å². The Morgan fingerprint density at radius 3 is 2.61 bits per heavy atom. The first kappa shape index (κ1) is 15.5. The molecule has 8 nitrogen and oxygen atoms in total. The van der Waals surface area contributed by atoms with E-state index in [1.807, 2.05) is 6.92 Å². The minimum Gasteiger partial charge on any atom is -0.465 e. The second kappa shape index (κ2) is 5.36. The first-order valence-electron chi connectivity index (χ1n) is 7.63. The van der Waals surface area contributed by atoms with Crippen molar-refractivity contribution in [2.75, 3.05) is 13.6 Å². The fourth-order valence-electron chi connectivity index (χ4n) is 3.34. The van der Waals surface area contributed by atoms with Crippen LogP contribution in [0.5, 0.6) is 0 Å². The summed E-state index contributed by atoms with van der Waals surface area (Å²) in [4.78, 5) is 38.7. The van der Waals surface area contributed by atoms with Crippen molar-refractivity contribution in [3.63, 3.8) is 0 Å². The summed E-state index contributed by atoms with van der Waals surface area (Å²) in [6.07, 6.45) is -0.525. The molecule has 124 valence electrons. The van der Waals surface area contributed by atoms with Crippen molar-refractivity contribution < 1.29 is 19.5 Å². The van der Waals surface area contributed by atoms with E-state index in [-0.39, 0.29) is 30.2 Å². The molecule has 2 atom stereocenters. The highest BCUT2D eigenvalue weighted by molar-refractivity contribution is 5.95. The lowest BCUT2D eigenvalue weighted by molar-refractivity contribution is -0.121. The molecular weight excluding hydrogens is 300 g/mol. The Balaban J connectivity index is 2.07. The maximum atomic E-state index is 12.7. The standard InChI is InChI=1S/C15H20N4O4/c1-8-4-12-11(7-18(8)15(22)23)13-14(21)17(3)5-10(9(2)20)6-19(13)16-12/h8,10H,4-7H2,1-3H3,(H,22,23). The van der Waals surface area contributed by atoms with Crippen LogP contribution < -0.4 is 0 Å². The van der Waals surface area contributed by atoms with Crippen molar-refractivity contribution in [2.24, 2.45) is 5.92 Å². The molecule has 8 heteroatoms. The number of carbonyl (C=O) groups excluding carboxylic acids is 2. The zero-order valence-corrected chi connectivity index (χ0v) is 13.4. The summed E-state index contributed by atoms with van der Waals surface area (Å²) in [5.74, 6) is -0.478. The van der Waals surface area contributed by atoms with E-state index in [9.17, 15) is 19.5 Å². The van der Waals surface area contributed by atoms with Crippen LogP contribution in [0.1, 0.15) is 35.6 Å². The Morgan fingerprint density at radius 2 is 2.00 bits per heavy atom. The van der Waals surface area contributed by atoms with Crippen molar-refractivity contribution in [1.29, 1.82) is 0 Å². The Bertz CT molecular complexity index is 696. The van der Waals surface area contributed by atoms with Gasteiger partial charge in [-0.05, 0) is 13.8 Å². The summed E-state index contributed by atoms with van der Waals surface area (Å²) >= 11 is 0. The van der Waals surface area contributed by atoms with Crippen LogP contribution in [-0.2, 0) is 24.3 Å². The van der Waals surface area contributed by atoms with Gasteiger partial charge in [0.2, 0.25) is 0 Å². The SMILES string of the molecule is CC(=O)C1CN(C)C(=O)c2c3c(nn2C1)CC(C)N(C(=O)O)C3. The van der Waals surface area contributed by atoms with Gasteiger partial charge in [0.05, 0.1) is 24.7 Å². The third-order valence-electron chi connectivity index (χ3n) is 4.74. The second-order valence-electron chi connectivity index (χ2n) is 6.41. The summed E-state index contributed by atoms with van der Waals surface area (Å²) in [7, 11) is 1.66. The van der Waals surface area contributed by atoms with Crippen LogP contribution in [-0.4, -0.2) is 62.1 Å². The van der Waals surface area contributed by atoms with Crippen LogP contribution in [0.25, 0.3) is 0 Å². The molecule has 0 bridgehead atoms. The Kier molecular flexibility index (Phi) is 3.62. The molecule has 0 spiro atoms. The number of nitrogens with zero attached hydrogens (tertiary/aromatic N) is 4. The van der Waals surface area contributed by atoms with Crippen LogP contribution in [0.2, 0.25) is 0 Å². The summed E-state index contributed by atoms with van der Waals surface area (Å²) in [6, 6.07) is -0.185. The van der Waals surface area contributed by atoms with E-state index in [1.165, 1.54) is 16.7 Å². The van der Waals surface area contributed by atoms with Crippen LogP contribution in [0.3, 0.4) is 0 Å². The van der Waals surface area contributed by atoms with E-state index >= 15 is 0 Å². The fourth-order valence-corrected chi connectivity index (χ4v) is 3.34. The average molecular weight is 320 g/mol. The Labute approximate surface area is 133 Å². The number of rotatable bonds is 1. The number of fused-ring (bicyclic) bond motifs is 3. The van der Waals surface area contributed by atoms with Crippen LogP contribution in [0.4, 0.5) is 4.79 Å². The summed E-state index contributed by atoms with van der Waals surface area (Å²) < 4.78 is 1.60. The molecule has 0 aliphatic carbocycles. The predicted molar refractivity (Wildman–Crippen MR) is 80.1 cm³/mol. The lowest BCUT2D eigenvalue weighted by Gasteiger charge is -2.30. The number of amides is 2. The predicted octanol–water partition coefficient (Wildman–Crippen LogP) is 0.598. The largest absolute Gasteiger partial charge is 0.465 e. The lowest BCUT2D eigenvalue weighted by Crippen LogP contribution is -2.42. The molecule has 1 aromatic rings. The smallest absolute Gasteiger partial charge is 0.407 e. The van der Waals surface area contributed by atoms with Crippen LogP contribution in [0, 0.1) is 5.92 Å². The molecule has 2 amide bonds. The van der Waals surface area contributed by atoms with Crippen LogP contribution in [0.15, 0.2) is 0 Å². The summed E-state index contributed by atoms with van der Waals surface area (Å²) in [6.45, 7) is 4.21. The van der Waals surface area contributed by atoms with Gasteiger partial charge in [0.25, 0.3) is 5.91 Å². The zero-order valence-electron chi connectivity index (χ0n) is 13.4. The first-order chi connectivity index (χ1) is 10.8. The van der Waals surface area contributed by atoms with Crippen molar-refractivity contribution in [3.8, 4) is 0 Å². The van der Waals surface area contributed by atoms with Crippen molar-refractivity contribution in [3.05, 3.63) is 17.0 Å². The quantitative estimate of drug-likeness (QED) is 0.817. The minimum atomic E-state index is -1.00. The normalized spacial score (nSPS) is 24.0. The molecule has 0 fully saturated rings. The third-order valence-corrected chi connectivity index (χ3v) is 4.74. The molecule has 0 aromatic carbocycles. The van der Waals surface area contributed by atoms with Gasteiger partial charge in [-0.25, -0.2) is 4.79 Å². The molecule has 0 saturated carbocycles. The molecule has 1 N–H and O–H groups in total. The van der Waals surface area contributed by atoms with E-state index in [1.54, 1.807) is 11.7 Å². The van der Waals surface area contributed by atoms with Crippen molar-refractivity contribution in [1.82, 2.24) is 19.6 Å². The van der Waals surface area contributed by atoms with E-state index in [2.05, 4.69) is 5.10 Å². The maximum absolute atomic E-state index is 12.7. The topological polar surface area (TPSA) is 95.7 Å². The molecule has 3 heterocycles. The number of aromatic nitrogens is 2. The lowest BCUT2D eigenvalue weighted by atomic mass is 10.00. The van der Waals surface area contributed by atoms with Gasteiger partial charge in [-0.1, -0.05) is 0 Å². The van der Waals surface area contributed by atoms with E-state index < -0.39 is 6.09 Å². The number of carboxylic acid groups (broad SMARTS) is 1. The number of Topliss-reactive ketones (excluding diaryl/α,β-unsaturated/α-hetero) is 1. The van der Waals surface area contributed by atoms with E-state index in [4.69, 9.17) is 0 Å². The van der Waals surface area contributed by atoms with Crippen LogP contribution >= 0.6 is 0 Å². The highest BCUT2D eigenvalue weighted by Gasteiger charge is 2.37. The van der Waals surface area contributed by atoms with Gasteiger partial charge in [-0.15, -0.1) is 0 Å². The number of ketones is 1. The van der Waals surface area contributed by atoms with Gasteiger partial charge in [-0.2, -0.15) is 5.10 Å². The van der Waals surface area contributed by atoms with Gasteiger partial charge in [-0.3, -0.25) is 14.3 Å². The number of hydrogen-bond donors (Lipinski definition) is 1. The molecule has 23 heavy (non-hydrogen) atoms. The maximum Gasteiger partial charge on any atom is 0.407 e. The number of hydrogen-bond acceptors (Lipinski definition) is 4. The molecule has 0 saturated heterocycles. The molecule has 2 unspecified atom stereocenters. The Hall–Kier alpha value is -2.38. The number of carbonyl (C=O) groups is 3. The van der Waals surface area contributed by atoms with Gasteiger partial charge in [0.15, 0.2) is 0 Å². The molecule has 1 aromatic heterocycles. The zero-order chi connectivity index (χ0) is 16.9. The fraction of sp³-hybridized carbons (Fsp3) is 0.600. The van der Waals surface area contributed by atoms with Gasteiger partial charge >= 0.3 is 6.09 Å². The highest BCUT2D eigenvalue weighted by Crippen LogP contribution is 2.29. The van der Waals surface area contributed by atoms with Gasteiger partial charge in [0, 0.05) is 31.6 Å². The monoisotopic (exact) mass is 320 g/mol. The van der Waals surface area contributed by atoms with Crippen molar-refractivity contribution >= 4 is 17.8 Å². The first-order valence-corrected chi connectivity index (χ1v) is 7.63. The van der Waals surface area contributed by atoms with Gasteiger partial charge < -0.3 is 14.9 Å². The highest BCUT2D eigenvalue weighted by atomic mass is 16.4. The summed E-state index contributed by atoms with van der Waals surface area (Å²) in [5.41, 5.74) is 1.85. The summed E-state index contributed by atoms with van der Waals surface area (Å²) in [5, 5.41) is 13.8. The van der Waals surface area contributed by atoms with Gasteiger partial charge in [0.1, 0.15) is 11.5 Å². The average Bonchev–Trinajstić information content (AvgIpc) is 2.74. The second-order valence-corrected chi connectivity index (χ2v) is 6.41. The Morgan fingerprint density at radius 1 is 1.30 bits per heavy atom. The van der Waals surface area contributed by atoms with E-state index in [0.717, 1.165) is 5.69 Å². The minimum absolute atomic E-state index is 0.0199.